The quantitative estimate of drug-likeness (QED) is 0.528. The smallest absolute Gasteiger partial charge is 0.264 e. The summed E-state index contributed by atoms with van der Waals surface area (Å²) in [6.45, 7) is 3.40. The van der Waals surface area contributed by atoms with Crippen LogP contribution < -0.4 is 16.4 Å². The first-order valence-corrected chi connectivity index (χ1v) is 6.14. The fourth-order valence-corrected chi connectivity index (χ4v) is 2.07. The number of anilines is 2. The standard InChI is InChI=1S/C9H15N3O3S/c1-6(2)15-12-16(13,14)8-5-3-4-7(10)9(8)11/h3-6,12H,10-11H2,1-2H3. The average molecular weight is 245 g/mol. The van der Waals surface area contributed by atoms with Crippen molar-refractivity contribution in [3.05, 3.63) is 18.2 Å². The van der Waals surface area contributed by atoms with Crippen LogP contribution in [0.5, 0.6) is 0 Å². The SMILES string of the molecule is CC(C)ONS(=O)(=O)c1cccc(N)c1N. The number of benzene rings is 1. The van der Waals surface area contributed by atoms with Gasteiger partial charge in [0.2, 0.25) is 0 Å². The van der Waals surface area contributed by atoms with Gasteiger partial charge in [-0.2, -0.15) is 0 Å². The molecule has 0 radical (unpaired) electrons. The molecule has 0 bridgehead atoms. The summed E-state index contributed by atoms with van der Waals surface area (Å²) in [4.78, 5) is 6.71. The molecule has 0 heterocycles. The van der Waals surface area contributed by atoms with Gasteiger partial charge in [0.25, 0.3) is 10.0 Å². The van der Waals surface area contributed by atoms with E-state index in [-0.39, 0.29) is 22.4 Å². The maximum atomic E-state index is 11.7. The van der Waals surface area contributed by atoms with E-state index >= 15 is 0 Å². The number of nitrogen functional groups attached to an aromatic ring is 2. The highest BCUT2D eigenvalue weighted by atomic mass is 32.2. The highest BCUT2D eigenvalue weighted by Gasteiger charge is 2.19. The van der Waals surface area contributed by atoms with E-state index in [0.29, 0.717) is 0 Å². The fourth-order valence-electron chi connectivity index (χ4n) is 1.000. The second kappa shape index (κ2) is 4.69. The number of nitrogens with two attached hydrogens (primary N) is 2. The van der Waals surface area contributed by atoms with Crippen molar-refractivity contribution >= 4 is 21.4 Å². The first-order chi connectivity index (χ1) is 7.34. The maximum absolute atomic E-state index is 11.7. The molecule has 0 atom stereocenters. The summed E-state index contributed by atoms with van der Waals surface area (Å²) in [5, 5.41) is 0. The third-order valence-electron chi connectivity index (χ3n) is 1.78. The Morgan fingerprint density at radius 1 is 1.31 bits per heavy atom. The highest BCUT2D eigenvalue weighted by Crippen LogP contribution is 2.23. The van der Waals surface area contributed by atoms with Crippen LogP contribution >= 0.6 is 0 Å². The van der Waals surface area contributed by atoms with Crippen LogP contribution in [0.15, 0.2) is 23.1 Å². The zero-order chi connectivity index (χ0) is 12.3. The topological polar surface area (TPSA) is 107 Å². The normalized spacial score (nSPS) is 11.9. The van der Waals surface area contributed by atoms with Gasteiger partial charge in [-0.15, -0.1) is 0 Å². The molecule has 16 heavy (non-hydrogen) atoms. The van der Waals surface area contributed by atoms with Gasteiger partial charge in [0.15, 0.2) is 0 Å². The van der Waals surface area contributed by atoms with Crippen molar-refractivity contribution in [2.24, 2.45) is 0 Å². The molecule has 90 valence electrons. The summed E-state index contributed by atoms with van der Waals surface area (Å²) in [6, 6.07) is 4.39. The van der Waals surface area contributed by atoms with Crippen molar-refractivity contribution in [2.45, 2.75) is 24.8 Å². The van der Waals surface area contributed by atoms with Crippen LogP contribution in [0.1, 0.15) is 13.8 Å². The van der Waals surface area contributed by atoms with Crippen molar-refractivity contribution in [1.29, 1.82) is 0 Å². The number of sulfonamides is 1. The van der Waals surface area contributed by atoms with Crippen LogP contribution in [0.3, 0.4) is 0 Å². The average Bonchev–Trinajstić information content (AvgIpc) is 2.19. The largest absolute Gasteiger partial charge is 0.397 e. The second-order valence-corrected chi connectivity index (χ2v) is 5.13. The lowest BCUT2D eigenvalue weighted by atomic mass is 10.3. The molecule has 1 rings (SSSR count). The number of para-hydroxylation sites is 1. The Balaban J connectivity index is 3.03. The molecule has 0 spiro atoms. The van der Waals surface area contributed by atoms with E-state index in [1.165, 1.54) is 18.2 Å². The van der Waals surface area contributed by atoms with Gasteiger partial charge in [0.05, 0.1) is 17.5 Å². The summed E-state index contributed by atoms with van der Waals surface area (Å²) in [5.41, 5.74) is 11.3. The van der Waals surface area contributed by atoms with Crippen LogP contribution in [-0.4, -0.2) is 14.5 Å². The second-order valence-electron chi connectivity index (χ2n) is 3.51. The molecule has 0 aliphatic carbocycles. The third-order valence-corrected chi connectivity index (χ3v) is 3.03. The van der Waals surface area contributed by atoms with E-state index in [1.807, 2.05) is 4.89 Å². The monoisotopic (exact) mass is 245 g/mol. The molecule has 1 aromatic rings. The Bertz CT molecular complexity index is 471. The van der Waals surface area contributed by atoms with E-state index in [0.717, 1.165) is 0 Å². The first kappa shape index (κ1) is 12.8. The number of rotatable bonds is 4. The van der Waals surface area contributed by atoms with E-state index in [4.69, 9.17) is 16.3 Å². The Morgan fingerprint density at radius 2 is 1.94 bits per heavy atom. The Labute approximate surface area is 94.6 Å². The fraction of sp³-hybridized carbons (Fsp3) is 0.333. The van der Waals surface area contributed by atoms with Crippen molar-refractivity contribution in [3.8, 4) is 0 Å². The molecule has 0 aliphatic rings. The molecule has 6 nitrogen and oxygen atoms in total. The summed E-state index contributed by atoms with van der Waals surface area (Å²) < 4.78 is 23.5. The molecule has 0 fully saturated rings. The molecule has 0 unspecified atom stereocenters. The van der Waals surface area contributed by atoms with Gasteiger partial charge in [-0.3, -0.25) is 4.84 Å². The van der Waals surface area contributed by atoms with Gasteiger partial charge in [0.1, 0.15) is 4.90 Å². The predicted molar refractivity (Wildman–Crippen MR) is 61.8 cm³/mol. The van der Waals surface area contributed by atoms with Gasteiger partial charge < -0.3 is 11.5 Å². The summed E-state index contributed by atoms with van der Waals surface area (Å²) >= 11 is 0. The van der Waals surface area contributed by atoms with Crippen LogP contribution in [0.25, 0.3) is 0 Å². The lowest BCUT2D eigenvalue weighted by Gasteiger charge is -2.11. The van der Waals surface area contributed by atoms with Crippen LogP contribution in [-0.2, 0) is 14.9 Å². The highest BCUT2D eigenvalue weighted by molar-refractivity contribution is 7.89. The maximum Gasteiger partial charge on any atom is 0.264 e. The van der Waals surface area contributed by atoms with E-state index in [9.17, 15) is 8.42 Å². The van der Waals surface area contributed by atoms with E-state index < -0.39 is 10.0 Å². The van der Waals surface area contributed by atoms with Crippen LogP contribution in [0.2, 0.25) is 0 Å². The number of hydrogen-bond donors (Lipinski definition) is 3. The summed E-state index contributed by atoms with van der Waals surface area (Å²) in [5.74, 6) is 0. The summed E-state index contributed by atoms with van der Waals surface area (Å²) in [6.07, 6.45) is -0.267. The van der Waals surface area contributed by atoms with Gasteiger partial charge in [0, 0.05) is 0 Å². The molecule has 7 heteroatoms. The zero-order valence-corrected chi connectivity index (χ0v) is 9.91. The van der Waals surface area contributed by atoms with Crippen LogP contribution in [0, 0.1) is 0 Å². The minimum atomic E-state index is -3.79. The van der Waals surface area contributed by atoms with Crippen LogP contribution in [0.4, 0.5) is 11.4 Å². The Kier molecular flexibility index (Phi) is 3.74. The number of hydrogen-bond acceptors (Lipinski definition) is 5. The molecular weight excluding hydrogens is 230 g/mol. The minimum Gasteiger partial charge on any atom is -0.397 e. The van der Waals surface area contributed by atoms with Crippen molar-refractivity contribution in [2.75, 3.05) is 11.5 Å². The molecule has 0 saturated heterocycles. The van der Waals surface area contributed by atoms with Crippen molar-refractivity contribution in [3.63, 3.8) is 0 Å². The Morgan fingerprint density at radius 3 is 2.50 bits per heavy atom. The van der Waals surface area contributed by atoms with Gasteiger partial charge in [-0.05, 0) is 26.0 Å². The van der Waals surface area contributed by atoms with E-state index in [1.54, 1.807) is 13.8 Å². The lowest BCUT2D eigenvalue weighted by Crippen LogP contribution is -2.28. The molecule has 1 aromatic carbocycles. The van der Waals surface area contributed by atoms with Crippen molar-refractivity contribution in [1.82, 2.24) is 4.89 Å². The zero-order valence-electron chi connectivity index (χ0n) is 9.10. The molecule has 5 N–H and O–H groups in total. The van der Waals surface area contributed by atoms with Gasteiger partial charge in [-0.25, -0.2) is 8.42 Å². The lowest BCUT2D eigenvalue weighted by molar-refractivity contribution is 0.0409. The van der Waals surface area contributed by atoms with Gasteiger partial charge >= 0.3 is 0 Å². The van der Waals surface area contributed by atoms with Crippen molar-refractivity contribution < 1.29 is 13.3 Å². The molecule has 0 amide bonds. The molecular formula is C9H15N3O3S. The van der Waals surface area contributed by atoms with Gasteiger partial charge in [-0.1, -0.05) is 11.0 Å². The first-order valence-electron chi connectivity index (χ1n) is 4.66. The predicted octanol–water partition coefficient (Wildman–Crippen LogP) is 0.469. The molecule has 0 saturated carbocycles. The Hall–Kier alpha value is -1.31. The molecule has 0 aromatic heterocycles. The minimum absolute atomic E-state index is 0.0161. The third kappa shape index (κ3) is 2.84. The molecule has 0 aliphatic heterocycles. The summed E-state index contributed by atoms with van der Waals surface area (Å²) in [7, 11) is -3.79. The van der Waals surface area contributed by atoms with E-state index in [2.05, 4.69) is 0 Å². The number of nitrogens with one attached hydrogen (secondary N) is 1.